The van der Waals surface area contributed by atoms with Gasteiger partial charge in [0.05, 0.1) is 20.3 Å². The Balaban J connectivity index is 2.05. The third-order valence-corrected chi connectivity index (χ3v) is 4.24. The van der Waals surface area contributed by atoms with Crippen molar-refractivity contribution in [3.05, 3.63) is 0 Å². The van der Waals surface area contributed by atoms with E-state index in [1.807, 2.05) is 20.8 Å². The van der Waals surface area contributed by atoms with Crippen molar-refractivity contribution in [3.8, 4) is 0 Å². The molecule has 0 N–H and O–H groups in total. The molecule has 2 rings (SSSR count). The Morgan fingerprint density at radius 1 is 1.13 bits per heavy atom. The molecule has 2 unspecified atom stereocenters. The lowest BCUT2D eigenvalue weighted by molar-refractivity contribution is -0.149. The van der Waals surface area contributed by atoms with E-state index in [1.165, 1.54) is 12.0 Å². The zero-order valence-corrected chi connectivity index (χ0v) is 14.5. The first kappa shape index (κ1) is 18.0. The summed E-state index contributed by atoms with van der Waals surface area (Å²) in [7, 11) is 1.36. The summed E-state index contributed by atoms with van der Waals surface area (Å²) in [6.07, 6.45) is 0.951. The molecule has 0 aliphatic carbocycles. The molecular formula is C16H28N2O5. The zero-order chi connectivity index (χ0) is 17.0. The normalized spacial score (nSPS) is 26.7. The minimum absolute atomic E-state index is 0.265. The van der Waals surface area contributed by atoms with Gasteiger partial charge in [-0.3, -0.25) is 9.80 Å². The number of esters is 1. The molecular weight excluding hydrogens is 300 g/mol. The summed E-state index contributed by atoms with van der Waals surface area (Å²) < 4.78 is 15.7. The lowest BCUT2D eigenvalue weighted by atomic mass is 9.95. The molecule has 23 heavy (non-hydrogen) atoms. The van der Waals surface area contributed by atoms with Gasteiger partial charge in [-0.05, 0) is 33.6 Å². The second-order valence-corrected chi connectivity index (χ2v) is 7.04. The van der Waals surface area contributed by atoms with Gasteiger partial charge < -0.3 is 14.2 Å². The number of piperidine rings is 1. The topological polar surface area (TPSA) is 68.3 Å². The van der Waals surface area contributed by atoms with Crippen LogP contribution in [0.15, 0.2) is 0 Å². The first-order valence-corrected chi connectivity index (χ1v) is 8.21. The lowest BCUT2D eigenvalue weighted by Crippen LogP contribution is -2.57. The van der Waals surface area contributed by atoms with E-state index in [-0.39, 0.29) is 12.0 Å². The van der Waals surface area contributed by atoms with Crippen LogP contribution in [-0.4, -0.2) is 79.5 Å². The first-order chi connectivity index (χ1) is 10.8. The Morgan fingerprint density at radius 2 is 1.78 bits per heavy atom. The van der Waals surface area contributed by atoms with Gasteiger partial charge in [0.2, 0.25) is 0 Å². The second-order valence-electron chi connectivity index (χ2n) is 7.04. The largest absolute Gasteiger partial charge is 0.467 e. The van der Waals surface area contributed by atoms with Gasteiger partial charge in [0.1, 0.15) is 11.6 Å². The molecule has 0 spiro atoms. The molecule has 0 saturated carbocycles. The van der Waals surface area contributed by atoms with Gasteiger partial charge in [-0.25, -0.2) is 9.59 Å². The van der Waals surface area contributed by atoms with Crippen molar-refractivity contribution in [1.82, 2.24) is 9.80 Å². The smallest absolute Gasteiger partial charge is 0.411 e. The van der Waals surface area contributed by atoms with Crippen molar-refractivity contribution in [2.45, 2.75) is 51.3 Å². The van der Waals surface area contributed by atoms with Crippen LogP contribution in [0.5, 0.6) is 0 Å². The van der Waals surface area contributed by atoms with Crippen molar-refractivity contribution in [3.63, 3.8) is 0 Å². The highest BCUT2D eigenvalue weighted by molar-refractivity contribution is 5.81. The molecule has 0 aromatic carbocycles. The third-order valence-electron chi connectivity index (χ3n) is 4.24. The van der Waals surface area contributed by atoms with E-state index in [9.17, 15) is 9.59 Å². The summed E-state index contributed by atoms with van der Waals surface area (Å²) in [5, 5.41) is 0. The van der Waals surface area contributed by atoms with Gasteiger partial charge >= 0.3 is 12.1 Å². The number of morpholine rings is 1. The number of nitrogens with zero attached hydrogens (tertiary/aromatic N) is 2. The van der Waals surface area contributed by atoms with Gasteiger partial charge in [0, 0.05) is 25.7 Å². The van der Waals surface area contributed by atoms with E-state index < -0.39 is 17.7 Å². The molecule has 2 atom stereocenters. The predicted octanol–water partition coefficient (Wildman–Crippen LogP) is 1.26. The Bertz CT molecular complexity index is 429. The average molecular weight is 328 g/mol. The molecule has 0 aromatic rings. The maximum absolute atomic E-state index is 12.4. The van der Waals surface area contributed by atoms with Crippen LogP contribution >= 0.6 is 0 Å². The summed E-state index contributed by atoms with van der Waals surface area (Å²) in [5.74, 6) is -0.381. The van der Waals surface area contributed by atoms with Crippen LogP contribution in [0.2, 0.25) is 0 Å². The van der Waals surface area contributed by atoms with Gasteiger partial charge in [0.25, 0.3) is 0 Å². The van der Waals surface area contributed by atoms with Gasteiger partial charge in [-0.15, -0.1) is 0 Å². The van der Waals surface area contributed by atoms with Crippen LogP contribution in [-0.2, 0) is 19.0 Å². The Kier molecular flexibility index (Phi) is 5.86. The van der Waals surface area contributed by atoms with Gasteiger partial charge in [-0.2, -0.15) is 0 Å². The second kappa shape index (κ2) is 7.49. The van der Waals surface area contributed by atoms with E-state index in [0.29, 0.717) is 13.0 Å². The molecule has 2 fully saturated rings. The molecule has 7 heteroatoms. The predicted molar refractivity (Wildman–Crippen MR) is 84.2 cm³/mol. The molecule has 2 aliphatic heterocycles. The minimum atomic E-state index is -0.587. The fourth-order valence-corrected chi connectivity index (χ4v) is 3.12. The van der Waals surface area contributed by atoms with E-state index in [1.54, 1.807) is 0 Å². The third kappa shape index (κ3) is 4.81. The van der Waals surface area contributed by atoms with E-state index >= 15 is 0 Å². The molecule has 1 amide bonds. The van der Waals surface area contributed by atoms with Crippen molar-refractivity contribution in [2.75, 3.05) is 40.0 Å². The highest BCUT2D eigenvalue weighted by Gasteiger charge is 2.40. The molecule has 0 aromatic heterocycles. The van der Waals surface area contributed by atoms with Crippen LogP contribution in [0.3, 0.4) is 0 Å². The molecule has 7 nitrogen and oxygen atoms in total. The molecule has 2 aliphatic rings. The molecule has 2 heterocycles. The summed E-state index contributed by atoms with van der Waals surface area (Å²) in [6, 6.07) is -0.321. The van der Waals surface area contributed by atoms with E-state index in [4.69, 9.17) is 14.2 Å². The standard InChI is InChI=1S/C16H28N2O5/c1-16(2,3)23-15(20)18-6-5-12(11-13(18)14(19)21-4)17-7-9-22-10-8-17/h12-13H,5-11H2,1-4H3. The van der Waals surface area contributed by atoms with Crippen LogP contribution in [0, 0.1) is 0 Å². The van der Waals surface area contributed by atoms with Crippen LogP contribution in [0.1, 0.15) is 33.6 Å². The van der Waals surface area contributed by atoms with Crippen molar-refractivity contribution in [2.24, 2.45) is 0 Å². The molecule has 0 bridgehead atoms. The monoisotopic (exact) mass is 328 g/mol. The highest BCUT2D eigenvalue weighted by atomic mass is 16.6. The maximum atomic E-state index is 12.4. The molecule has 132 valence electrons. The molecule has 2 saturated heterocycles. The Morgan fingerprint density at radius 3 is 2.35 bits per heavy atom. The summed E-state index contributed by atoms with van der Waals surface area (Å²) >= 11 is 0. The summed E-state index contributed by atoms with van der Waals surface area (Å²) in [5.41, 5.74) is -0.585. The van der Waals surface area contributed by atoms with E-state index in [2.05, 4.69) is 4.90 Å². The number of hydrogen-bond donors (Lipinski definition) is 0. The van der Waals surface area contributed by atoms with Crippen molar-refractivity contribution >= 4 is 12.1 Å². The molecule has 0 radical (unpaired) electrons. The average Bonchev–Trinajstić information content (AvgIpc) is 2.52. The number of methoxy groups -OCH3 is 1. The first-order valence-electron chi connectivity index (χ1n) is 8.21. The number of carbonyl (C=O) groups excluding carboxylic acids is 2. The van der Waals surface area contributed by atoms with Crippen molar-refractivity contribution in [1.29, 1.82) is 0 Å². The van der Waals surface area contributed by atoms with Gasteiger partial charge in [0.15, 0.2) is 0 Å². The number of ether oxygens (including phenoxy) is 3. The summed E-state index contributed by atoms with van der Waals surface area (Å²) in [4.78, 5) is 28.4. The van der Waals surface area contributed by atoms with Gasteiger partial charge in [-0.1, -0.05) is 0 Å². The van der Waals surface area contributed by atoms with Crippen LogP contribution < -0.4 is 0 Å². The van der Waals surface area contributed by atoms with Crippen LogP contribution in [0.4, 0.5) is 4.79 Å². The number of amides is 1. The number of rotatable bonds is 2. The van der Waals surface area contributed by atoms with Crippen molar-refractivity contribution < 1.29 is 23.8 Å². The zero-order valence-electron chi connectivity index (χ0n) is 14.5. The minimum Gasteiger partial charge on any atom is -0.467 e. The quantitative estimate of drug-likeness (QED) is 0.711. The van der Waals surface area contributed by atoms with Crippen LogP contribution in [0.25, 0.3) is 0 Å². The number of hydrogen-bond acceptors (Lipinski definition) is 6. The number of likely N-dealkylation sites (tertiary alicyclic amines) is 1. The van der Waals surface area contributed by atoms with E-state index in [0.717, 1.165) is 32.7 Å². The number of carbonyl (C=O) groups is 2. The fraction of sp³-hybridized carbons (Fsp3) is 0.875. The maximum Gasteiger partial charge on any atom is 0.411 e. The lowest BCUT2D eigenvalue weighted by Gasteiger charge is -2.43. The summed E-state index contributed by atoms with van der Waals surface area (Å²) in [6.45, 7) is 9.12. The Labute approximate surface area is 137 Å². The Hall–Kier alpha value is -1.34. The fourth-order valence-electron chi connectivity index (χ4n) is 3.12. The highest BCUT2D eigenvalue weighted by Crippen LogP contribution is 2.25. The SMILES string of the molecule is COC(=O)C1CC(N2CCOCC2)CCN1C(=O)OC(C)(C)C.